The number of benzene rings is 1. The van der Waals surface area contributed by atoms with Crippen molar-refractivity contribution in [3.8, 4) is 11.1 Å². The largest absolute Gasteiger partial charge is 0.382 e. The number of pyridine rings is 2. The van der Waals surface area contributed by atoms with Gasteiger partial charge in [-0.05, 0) is 73.4 Å². The molecule has 0 amide bonds. The van der Waals surface area contributed by atoms with Gasteiger partial charge in [0.1, 0.15) is 11.5 Å². The predicted octanol–water partition coefficient (Wildman–Crippen LogP) is 5.04. The van der Waals surface area contributed by atoms with Gasteiger partial charge < -0.3 is 16.0 Å². The zero-order valence-electron chi connectivity index (χ0n) is 19.0. The Morgan fingerprint density at radius 2 is 1.91 bits per heavy atom. The van der Waals surface area contributed by atoms with Gasteiger partial charge in [0.05, 0.1) is 17.6 Å². The van der Waals surface area contributed by atoms with E-state index < -0.39 is 0 Å². The normalized spacial score (nSPS) is 17.2. The SMILES string of the molecule is CC1=CC(=C2C(N)=Nc3cnccc3N2Cc2ccc(-c3ccnc(C)c3)c(C)c2)C=CN1. The number of aliphatic imine (C=N–C) groups is 1. The maximum absolute atomic E-state index is 6.49. The van der Waals surface area contributed by atoms with Crippen LogP contribution >= 0.6 is 0 Å². The van der Waals surface area contributed by atoms with Gasteiger partial charge in [0.25, 0.3) is 0 Å². The molecule has 2 aromatic heterocycles. The van der Waals surface area contributed by atoms with E-state index in [2.05, 4.69) is 68.5 Å². The summed E-state index contributed by atoms with van der Waals surface area (Å²) in [5, 5.41) is 3.22. The summed E-state index contributed by atoms with van der Waals surface area (Å²) >= 11 is 0. The van der Waals surface area contributed by atoms with E-state index in [1.807, 2.05) is 38.4 Å². The molecular weight excluding hydrogens is 408 g/mol. The second-order valence-corrected chi connectivity index (χ2v) is 8.39. The number of anilines is 1. The number of nitrogens with one attached hydrogen (secondary N) is 1. The minimum atomic E-state index is 0.488. The van der Waals surface area contributed by atoms with Gasteiger partial charge in [-0.15, -0.1) is 0 Å². The van der Waals surface area contributed by atoms with E-state index in [1.54, 1.807) is 12.4 Å². The molecule has 0 radical (unpaired) electrons. The van der Waals surface area contributed by atoms with Gasteiger partial charge in [-0.3, -0.25) is 9.97 Å². The third kappa shape index (κ3) is 4.03. The number of hydrogen-bond acceptors (Lipinski definition) is 6. The van der Waals surface area contributed by atoms with Crippen molar-refractivity contribution in [1.29, 1.82) is 0 Å². The minimum Gasteiger partial charge on any atom is -0.382 e. The summed E-state index contributed by atoms with van der Waals surface area (Å²) in [4.78, 5) is 15.4. The lowest BCUT2D eigenvalue weighted by Crippen LogP contribution is -2.35. The molecule has 6 heteroatoms. The van der Waals surface area contributed by atoms with Gasteiger partial charge in [-0.1, -0.05) is 18.2 Å². The second kappa shape index (κ2) is 8.39. The summed E-state index contributed by atoms with van der Waals surface area (Å²) in [7, 11) is 0. The Hall–Kier alpha value is -4.19. The summed E-state index contributed by atoms with van der Waals surface area (Å²) in [5.41, 5.74) is 17.1. The predicted molar refractivity (Wildman–Crippen MR) is 134 cm³/mol. The first-order chi connectivity index (χ1) is 16.0. The molecule has 0 atom stereocenters. The molecule has 4 heterocycles. The number of dihydropyridines is 1. The minimum absolute atomic E-state index is 0.488. The standard InChI is InChI=1S/C27H26N6/c1-17-12-20(4-5-23(17)21-6-10-30-18(2)13-21)16-33-25-8-9-29-15-24(25)32-27(28)26(33)22-7-11-31-19(3)14-22/h4-15,31H,16H2,1-3H3,(H2,28,32). The molecule has 0 saturated heterocycles. The van der Waals surface area contributed by atoms with Crippen LogP contribution in [0.25, 0.3) is 11.1 Å². The van der Waals surface area contributed by atoms with Crippen molar-refractivity contribution in [2.45, 2.75) is 27.3 Å². The van der Waals surface area contributed by atoms with Crippen molar-refractivity contribution in [2.24, 2.45) is 10.7 Å². The van der Waals surface area contributed by atoms with Crippen molar-refractivity contribution >= 4 is 17.2 Å². The highest BCUT2D eigenvalue weighted by Crippen LogP contribution is 2.38. The summed E-state index contributed by atoms with van der Waals surface area (Å²) in [6, 6.07) is 12.8. The van der Waals surface area contributed by atoms with Crippen LogP contribution in [0.5, 0.6) is 0 Å². The number of amidine groups is 1. The average molecular weight is 435 g/mol. The average Bonchev–Trinajstić information content (AvgIpc) is 2.79. The monoisotopic (exact) mass is 434 g/mol. The number of aromatic nitrogens is 2. The highest BCUT2D eigenvalue weighted by Gasteiger charge is 2.26. The van der Waals surface area contributed by atoms with Crippen LogP contribution in [0.4, 0.5) is 11.4 Å². The van der Waals surface area contributed by atoms with Gasteiger partial charge in [0.2, 0.25) is 0 Å². The first-order valence-corrected chi connectivity index (χ1v) is 10.9. The fourth-order valence-corrected chi connectivity index (χ4v) is 4.38. The summed E-state index contributed by atoms with van der Waals surface area (Å²) in [6.07, 6.45) is 11.5. The molecule has 5 rings (SSSR count). The molecule has 2 aliphatic rings. The lowest BCUT2D eigenvalue weighted by atomic mass is 9.98. The van der Waals surface area contributed by atoms with Crippen molar-refractivity contribution in [1.82, 2.24) is 15.3 Å². The molecule has 164 valence electrons. The molecule has 0 fully saturated rings. The smallest absolute Gasteiger partial charge is 0.148 e. The van der Waals surface area contributed by atoms with Gasteiger partial charge in [-0.2, -0.15) is 0 Å². The van der Waals surface area contributed by atoms with Crippen molar-refractivity contribution < 1.29 is 0 Å². The number of fused-ring (bicyclic) bond motifs is 1. The van der Waals surface area contributed by atoms with E-state index in [0.717, 1.165) is 34.0 Å². The first-order valence-electron chi connectivity index (χ1n) is 10.9. The third-order valence-electron chi connectivity index (χ3n) is 5.88. The third-order valence-corrected chi connectivity index (χ3v) is 5.88. The first kappa shape index (κ1) is 20.7. The molecule has 2 aliphatic heterocycles. The summed E-state index contributed by atoms with van der Waals surface area (Å²) in [6.45, 7) is 6.86. The molecule has 0 bridgehead atoms. The van der Waals surface area contributed by atoms with Crippen LogP contribution in [0.1, 0.15) is 23.7 Å². The van der Waals surface area contributed by atoms with E-state index in [0.29, 0.717) is 12.4 Å². The molecule has 6 nitrogen and oxygen atoms in total. The Morgan fingerprint density at radius 3 is 2.70 bits per heavy atom. The van der Waals surface area contributed by atoms with E-state index in [9.17, 15) is 0 Å². The van der Waals surface area contributed by atoms with Crippen LogP contribution in [-0.4, -0.2) is 15.8 Å². The van der Waals surface area contributed by atoms with Crippen molar-refractivity contribution in [3.05, 3.63) is 107 Å². The lowest BCUT2D eigenvalue weighted by Gasteiger charge is -2.33. The molecule has 1 aromatic carbocycles. The van der Waals surface area contributed by atoms with Crippen LogP contribution in [0.15, 0.2) is 95.3 Å². The Morgan fingerprint density at radius 1 is 1.03 bits per heavy atom. The topological polar surface area (TPSA) is 79.4 Å². The molecular formula is C27H26N6. The van der Waals surface area contributed by atoms with E-state index in [-0.39, 0.29) is 0 Å². The molecule has 0 aliphatic carbocycles. The Kier molecular flexibility index (Phi) is 5.26. The lowest BCUT2D eigenvalue weighted by molar-refractivity contribution is 0.918. The van der Waals surface area contributed by atoms with Gasteiger partial charge in [0, 0.05) is 42.1 Å². The summed E-state index contributed by atoms with van der Waals surface area (Å²) in [5.74, 6) is 0.488. The van der Waals surface area contributed by atoms with E-state index in [1.165, 1.54) is 22.3 Å². The highest BCUT2D eigenvalue weighted by molar-refractivity contribution is 6.07. The molecule has 0 spiro atoms. The van der Waals surface area contributed by atoms with Gasteiger partial charge in [-0.25, -0.2) is 4.99 Å². The highest BCUT2D eigenvalue weighted by atomic mass is 15.2. The quantitative estimate of drug-likeness (QED) is 0.603. The van der Waals surface area contributed by atoms with E-state index in [4.69, 9.17) is 5.73 Å². The zero-order chi connectivity index (χ0) is 22.9. The molecule has 0 saturated carbocycles. The maximum Gasteiger partial charge on any atom is 0.148 e. The Bertz CT molecular complexity index is 1360. The van der Waals surface area contributed by atoms with Gasteiger partial charge in [0.15, 0.2) is 0 Å². The van der Waals surface area contributed by atoms with Crippen molar-refractivity contribution in [2.75, 3.05) is 4.90 Å². The van der Waals surface area contributed by atoms with Crippen molar-refractivity contribution in [3.63, 3.8) is 0 Å². The number of nitrogens with two attached hydrogens (primary N) is 1. The Labute approximate surface area is 193 Å². The molecule has 3 aromatic rings. The fourth-order valence-electron chi connectivity index (χ4n) is 4.38. The van der Waals surface area contributed by atoms with Gasteiger partial charge >= 0.3 is 0 Å². The number of rotatable bonds is 3. The zero-order valence-corrected chi connectivity index (χ0v) is 19.0. The number of allylic oxidation sites excluding steroid dienone is 4. The molecule has 0 unspecified atom stereocenters. The second-order valence-electron chi connectivity index (χ2n) is 8.39. The van der Waals surface area contributed by atoms with Crippen LogP contribution in [0.3, 0.4) is 0 Å². The van der Waals surface area contributed by atoms with Crippen LogP contribution in [-0.2, 0) is 6.54 Å². The van der Waals surface area contributed by atoms with Crippen LogP contribution in [0.2, 0.25) is 0 Å². The summed E-state index contributed by atoms with van der Waals surface area (Å²) < 4.78 is 0. The Balaban J connectivity index is 1.57. The van der Waals surface area contributed by atoms with Crippen LogP contribution in [0, 0.1) is 13.8 Å². The number of aryl methyl sites for hydroxylation is 2. The number of nitrogens with zero attached hydrogens (tertiary/aromatic N) is 4. The number of hydrogen-bond donors (Lipinski definition) is 2. The van der Waals surface area contributed by atoms with E-state index >= 15 is 0 Å². The van der Waals surface area contributed by atoms with Crippen LogP contribution < -0.4 is 16.0 Å². The fraction of sp³-hybridized carbons (Fsp3) is 0.148. The maximum atomic E-state index is 6.49. The molecule has 33 heavy (non-hydrogen) atoms. The molecule has 3 N–H and O–H groups in total.